The molecule has 1 aliphatic rings. The highest BCUT2D eigenvalue weighted by atomic mass is 19.4. The van der Waals surface area contributed by atoms with Gasteiger partial charge < -0.3 is 9.74 Å². The molecular weight excluding hydrogens is 481 g/mol. The first-order chi connectivity index (χ1) is 16.9. The summed E-state index contributed by atoms with van der Waals surface area (Å²) >= 11 is 0. The van der Waals surface area contributed by atoms with Crippen LogP contribution in [0.4, 0.5) is 19.1 Å². The molecule has 0 unspecified atom stereocenters. The van der Waals surface area contributed by atoms with E-state index in [0.29, 0.717) is 5.69 Å². The summed E-state index contributed by atoms with van der Waals surface area (Å²) in [5.41, 5.74) is 1.29. The number of anilines is 1. The quantitative estimate of drug-likeness (QED) is 0.499. The SMILES string of the molecule is CC#Cn1c(N2CCN(OC(=O)C(F)(F)F)CC2)nc2c1c(=O)n(C)c(=O)n2-c1cc(C)ccc1C. The molecule has 0 N–H and O–H groups in total. The Morgan fingerprint density at radius 1 is 1.11 bits per heavy atom. The second-order valence-corrected chi connectivity index (χ2v) is 8.35. The molecule has 0 radical (unpaired) electrons. The number of carbonyl (C=O) groups is 1. The lowest BCUT2D eigenvalue weighted by Crippen LogP contribution is -2.49. The average molecular weight is 504 g/mol. The molecule has 0 saturated carbocycles. The number of hydrogen-bond acceptors (Lipinski definition) is 7. The van der Waals surface area contributed by atoms with Crippen LogP contribution in [0, 0.1) is 25.8 Å². The lowest BCUT2D eigenvalue weighted by Gasteiger charge is -2.33. The van der Waals surface area contributed by atoms with Crippen molar-refractivity contribution in [3.05, 3.63) is 50.2 Å². The third-order valence-electron chi connectivity index (χ3n) is 5.83. The van der Waals surface area contributed by atoms with Gasteiger partial charge in [0.2, 0.25) is 5.95 Å². The van der Waals surface area contributed by atoms with Gasteiger partial charge in [-0.25, -0.2) is 18.7 Å². The van der Waals surface area contributed by atoms with E-state index in [1.165, 1.54) is 16.2 Å². The number of hydrogen-bond donors (Lipinski definition) is 0. The van der Waals surface area contributed by atoms with Crippen LogP contribution in [-0.4, -0.2) is 62.1 Å². The smallest absolute Gasteiger partial charge is 0.361 e. The average Bonchev–Trinajstić information content (AvgIpc) is 3.19. The van der Waals surface area contributed by atoms with E-state index in [0.717, 1.165) is 20.8 Å². The van der Waals surface area contributed by atoms with E-state index < -0.39 is 23.4 Å². The van der Waals surface area contributed by atoms with Crippen molar-refractivity contribution in [2.75, 3.05) is 31.1 Å². The van der Waals surface area contributed by atoms with Gasteiger partial charge in [0.1, 0.15) is 0 Å². The number of carbonyl (C=O) groups excluding carboxylic acids is 1. The van der Waals surface area contributed by atoms with Crippen molar-refractivity contribution < 1.29 is 22.8 Å². The number of aromatic nitrogens is 4. The van der Waals surface area contributed by atoms with E-state index in [2.05, 4.69) is 21.8 Å². The Balaban J connectivity index is 1.83. The van der Waals surface area contributed by atoms with Crippen LogP contribution in [-0.2, 0) is 16.7 Å². The number of benzene rings is 1. The highest BCUT2D eigenvalue weighted by molar-refractivity contribution is 5.78. The first-order valence-corrected chi connectivity index (χ1v) is 11.0. The molecule has 10 nitrogen and oxygen atoms in total. The number of rotatable bonds is 3. The topological polar surface area (TPSA) is 94.6 Å². The van der Waals surface area contributed by atoms with E-state index in [1.807, 2.05) is 32.0 Å². The van der Waals surface area contributed by atoms with Gasteiger partial charge in [-0.2, -0.15) is 18.2 Å². The van der Waals surface area contributed by atoms with Gasteiger partial charge in [-0.05, 0) is 38.0 Å². The van der Waals surface area contributed by atoms with Crippen LogP contribution in [0.5, 0.6) is 0 Å². The van der Waals surface area contributed by atoms with E-state index in [-0.39, 0.29) is 43.3 Å². The third-order valence-corrected chi connectivity index (χ3v) is 5.83. The zero-order valence-corrected chi connectivity index (χ0v) is 20.0. The molecule has 3 heterocycles. The Hall–Kier alpha value is -4.05. The van der Waals surface area contributed by atoms with Gasteiger partial charge in [0.25, 0.3) is 5.56 Å². The Bertz CT molecular complexity index is 1530. The minimum Gasteiger partial charge on any atom is -0.361 e. The Labute approximate surface area is 203 Å². The number of hydroxylamine groups is 2. The molecule has 3 aromatic rings. The summed E-state index contributed by atoms with van der Waals surface area (Å²) in [6.45, 7) is 5.49. The van der Waals surface area contributed by atoms with E-state index in [1.54, 1.807) is 11.8 Å². The number of aryl methyl sites for hydroxylation is 2. The van der Waals surface area contributed by atoms with Crippen LogP contribution in [0.2, 0.25) is 0 Å². The molecule has 0 atom stereocenters. The molecule has 0 spiro atoms. The normalized spacial score (nSPS) is 14.6. The van der Waals surface area contributed by atoms with Gasteiger partial charge in [0.15, 0.2) is 11.2 Å². The van der Waals surface area contributed by atoms with Gasteiger partial charge in [-0.15, -0.1) is 5.06 Å². The third kappa shape index (κ3) is 4.35. The van der Waals surface area contributed by atoms with Crippen LogP contribution in [0.3, 0.4) is 0 Å². The fourth-order valence-electron chi connectivity index (χ4n) is 3.99. The van der Waals surface area contributed by atoms with Crippen molar-refractivity contribution in [3.8, 4) is 17.7 Å². The number of halogens is 3. The molecule has 1 aromatic carbocycles. The van der Waals surface area contributed by atoms with Crippen molar-refractivity contribution in [2.45, 2.75) is 26.9 Å². The molecule has 190 valence electrons. The summed E-state index contributed by atoms with van der Waals surface area (Å²) in [4.78, 5) is 48.3. The lowest BCUT2D eigenvalue weighted by atomic mass is 10.1. The predicted molar refractivity (Wildman–Crippen MR) is 125 cm³/mol. The van der Waals surface area contributed by atoms with Crippen molar-refractivity contribution in [3.63, 3.8) is 0 Å². The summed E-state index contributed by atoms with van der Waals surface area (Å²) in [5.74, 6) is 0.702. The largest absolute Gasteiger partial charge is 0.492 e. The molecule has 1 aliphatic heterocycles. The van der Waals surface area contributed by atoms with Crippen LogP contribution >= 0.6 is 0 Å². The lowest BCUT2D eigenvalue weighted by molar-refractivity contribution is -0.239. The number of nitrogens with zero attached hydrogens (tertiary/aromatic N) is 6. The van der Waals surface area contributed by atoms with Crippen molar-refractivity contribution in [1.29, 1.82) is 0 Å². The van der Waals surface area contributed by atoms with Crippen LogP contribution in [0.25, 0.3) is 16.9 Å². The molecule has 2 aromatic heterocycles. The Morgan fingerprint density at radius 2 is 1.78 bits per heavy atom. The predicted octanol–water partition coefficient (Wildman–Crippen LogP) is 1.47. The fraction of sp³-hybridized carbons (Fsp3) is 0.391. The molecular formula is C23H23F3N6O4. The molecule has 0 aliphatic carbocycles. The molecule has 13 heteroatoms. The second kappa shape index (κ2) is 9.19. The van der Waals surface area contributed by atoms with Crippen LogP contribution in [0.15, 0.2) is 27.8 Å². The Kier molecular flexibility index (Phi) is 6.40. The van der Waals surface area contributed by atoms with E-state index >= 15 is 0 Å². The number of imidazole rings is 1. The highest BCUT2D eigenvalue weighted by Crippen LogP contribution is 2.24. The van der Waals surface area contributed by atoms with Crippen molar-refractivity contribution in [2.24, 2.45) is 7.05 Å². The van der Waals surface area contributed by atoms with Crippen molar-refractivity contribution >= 4 is 23.1 Å². The van der Waals surface area contributed by atoms with Gasteiger partial charge in [-0.1, -0.05) is 18.1 Å². The molecule has 36 heavy (non-hydrogen) atoms. The van der Waals surface area contributed by atoms with Gasteiger partial charge in [0.05, 0.1) is 18.8 Å². The summed E-state index contributed by atoms with van der Waals surface area (Å²) in [6.07, 6.45) is -5.10. The van der Waals surface area contributed by atoms with Crippen LogP contribution < -0.4 is 16.1 Å². The van der Waals surface area contributed by atoms with Crippen LogP contribution in [0.1, 0.15) is 18.1 Å². The highest BCUT2D eigenvalue weighted by Gasteiger charge is 2.43. The molecule has 1 saturated heterocycles. The zero-order chi connectivity index (χ0) is 26.4. The maximum Gasteiger partial charge on any atom is 0.492 e. The monoisotopic (exact) mass is 504 g/mol. The van der Waals surface area contributed by atoms with Gasteiger partial charge in [-0.3, -0.25) is 9.36 Å². The minimum atomic E-state index is -5.10. The van der Waals surface area contributed by atoms with E-state index in [4.69, 9.17) is 0 Å². The second-order valence-electron chi connectivity index (χ2n) is 8.35. The maximum atomic E-state index is 13.2. The van der Waals surface area contributed by atoms with Gasteiger partial charge in [0, 0.05) is 26.2 Å². The number of piperazine rings is 1. The van der Waals surface area contributed by atoms with E-state index in [9.17, 15) is 27.6 Å². The molecule has 0 bridgehead atoms. The standard InChI is InChI=1S/C23H23F3N6O4/c1-5-8-31-17-18(27-21(31)29-9-11-30(12-10-29)36-20(34)23(24,25)26)32(22(35)28(4)19(17)33)16-13-14(2)6-7-15(16)3/h6-7,13H,9-12H2,1-4H3. The summed E-state index contributed by atoms with van der Waals surface area (Å²) in [5, 5.41) is 0.926. The minimum absolute atomic E-state index is 0.0353. The fourth-order valence-corrected chi connectivity index (χ4v) is 3.99. The molecule has 4 rings (SSSR count). The van der Waals surface area contributed by atoms with Crippen molar-refractivity contribution in [1.82, 2.24) is 23.7 Å². The summed E-state index contributed by atoms with van der Waals surface area (Å²) in [7, 11) is 1.37. The first kappa shape index (κ1) is 25.1. The summed E-state index contributed by atoms with van der Waals surface area (Å²) < 4.78 is 41.3. The molecule has 1 fully saturated rings. The number of fused-ring (bicyclic) bond motifs is 1. The number of alkyl halides is 3. The first-order valence-electron chi connectivity index (χ1n) is 11.0. The summed E-state index contributed by atoms with van der Waals surface area (Å²) in [6, 6.07) is 8.42. The molecule has 0 amide bonds. The van der Waals surface area contributed by atoms with Gasteiger partial charge >= 0.3 is 17.8 Å². The zero-order valence-electron chi connectivity index (χ0n) is 20.0. The Morgan fingerprint density at radius 3 is 2.39 bits per heavy atom. The maximum absolute atomic E-state index is 13.2.